The molecular formula is C18H18N4O. The molecule has 0 radical (unpaired) electrons. The standard InChI is InChI=1S/C18H18N4O/c19-11-13-4-3-5-14(10-13)12-21-18(20)22-16-8-9-23-17-7-2-1-6-15(16)17/h1-7,10,16H,8-9,12H2,(H3,20,21,22). The number of nitrogens with zero attached hydrogens (tertiary/aromatic N) is 2. The predicted molar refractivity (Wildman–Crippen MR) is 88.9 cm³/mol. The van der Waals surface area contributed by atoms with Crippen molar-refractivity contribution in [2.45, 2.75) is 19.0 Å². The summed E-state index contributed by atoms with van der Waals surface area (Å²) >= 11 is 0. The number of benzene rings is 2. The molecule has 0 aromatic heterocycles. The van der Waals surface area contributed by atoms with Crippen molar-refractivity contribution < 1.29 is 4.74 Å². The van der Waals surface area contributed by atoms with Crippen molar-refractivity contribution in [1.82, 2.24) is 5.32 Å². The van der Waals surface area contributed by atoms with E-state index >= 15 is 0 Å². The Morgan fingerprint density at radius 1 is 1.30 bits per heavy atom. The highest BCUT2D eigenvalue weighted by atomic mass is 16.5. The van der Waals surface area contributed by atoms with Crippen molar-refractivity contribution >= 4 is 5.96 Å². The summed E-state index contributed by atoms with van der Waals surface area (Å²) < 4.78 is 5.64. The summed E-state index contributed by atoms with van der Waals surface area (Å²) in [6.45, 7) is 1.10. The number of para-hydroxylation sites is 1. The highest BCUT2D eigenvalue weighted by molar-refractivity contribution is 5.78. The minimum Gasteiger partial charge on any atom is -0.493 e. The van der Waals surface area contributed by atoms with Crippen LogP contribution in [0.15, 0.2) is 53.5 Å². The van der Waals surface area contributed by atoms with Crippen molar-refractivity contribution in [3.63, 3.8) is 0 Å². The maximum absolute atomic E-state index is 8.91. The zero-order valence-corrected chi connectivity index (χ0v) is 12.7. The Morgan fingerprint density at radius 2 is 2.17 bits per heavy atom. The fourth-order valence-corrected chi connectivity index (χ4v) is 2.63. The Hall–Kier alpha value is -3.00. The summed E-state index contributed by atoms with van der Waals surface area (Å²) in [4.78, 5) is 4.37. The monoisotopic (exact) mass is 306 g/mol. The number of guanidine groups is 1. The average Bonchev–Trinajstić information content (AvgIpc) is 2.60. The first kappa shape index (κ1) is 14.9. The Morgan fingerprint density at radius 3 is 3.04 bits per heavy atom. The average molecular weight is 306 g/mol. The molecule has 1 unspecified atom stereocenters. The fraction of sp³-hybridized carbons (Fsp3) is 0.222. The van der Waals surface area contributed by atoms with Crippen LogP contribution in [0.25, 0.3) is 0 Å². The van der Waals surface area contributed by atoms with E-state index in [9.17, 15) is 0 Å². The van der Waals surface area contributed by atoms with Crippen molar-refractivity contribution in [2.24, 2.45) is 10.7 Å². The quantitative estimate of drug-likeness (QED) is 0.674. The van der Waals surface area contributed by atoms with Gasteiger partial charge in [-0.1, -0.05) is 30.3 Å². The molecule has 5 heteroatoms. The van der Waals surface area contributed by atoms with E-state index in [2.05, 4.69) is 16.4 Å². The molecule has 1 aliphatic rings. The molecule has 2 aromatic carbocycles. The van der Waals surface area contributed by atoms with Gasteiger partial charge in [-0.15, -0.1) is 0 Å². The largest absolute Gasteiger partial charge is 0.493 e. The molecule has 0 bridgehead atoms. The number of nitriles is 1. The first-order valence-corrected chi connectivity index (χ1v) is 7.53. The second-order valence-electron chi connectivity index (χ2n) is 5.39. The highest BCUT2D eigenvalue weighted by Gasteiger charge is 2.21. The molecule has 0 saturated carbocycles. The lowest BCUT2D eigenvalue weighted by Gasteiger charge is -2.26. The molecule has 0 amide bonds. The molecule has 0 fully saturated rings. The number of hydrogen-bond acceptors (Lipinski definition) is 3. The molecule has 0 aliphatic carbocycles. The van der Waals surface area contributed by atoms with Gasteiger partial charge in [0.25, 0.3) is 0 Å². The number of ether oxygens (including phenoxy) is 1. The summed E-state index contributed by atoms with van der Waals surface area (Å²) in [6, 6.07) is 17.5. The third kappa shape index (κ3) is 3.61. The van der Waals surface area contributed by atoms with Crippen LogP contribution in [-0.2, 0) is 6.54 Å². The molecule has 1 atom stereocenters. The van der Waals surface area contributed by atoms with E-state index in [-0.39, 0.29) is 6.04 Å². The summed E-state index contributed by atoms with van der Waals surface area (Å²) in [5, 5.41) is 12.2. The zero-order valence-electron chi connectivity index (χ0n) is 12.7. The third-order valence-electron chi connectivity index (χ3n) is 3.77. The van der Waals surface area contributed by atoms with Crippen LogP contribution in [0.4, 0.5) is 0 Å². The number of nitrogens with one attached hydrogen (secondary N) is 1. The van der Waals surface area contributed by atoms with E-state index < -0.39 is 0 Å². The topological polar surface area (TPSA) is 83.4 Å². The van der Waals surface area contributed by atoms with Gasteiger partial charge >= 0.3 is 0 Å². The van der Waals surface area contributed by atoms with Crippen LogP contribution in [0.1, 0.15) is 29.2 Å². The SMILES string of the molecule is N#Cc1cccc(CN=C(N)NC2CCOc3ccccc32)c1. The molecular weight excluding hydrogens is 288 g/mol. The van der Waals surface area contributed by atoms with Crippen molar-refractivity contribution in [1.29, 1.82) is 5.26 Å². The van der Waals surface area contributed by atoms with Crippen LogP contribution in [-0.4, -0.2) is 12.6 Å². The Kier molecular flexibility index (Phi) is 4.44. The molecule has 0 saturated heterocycles. The lowest BCUT2D eigenvalue weighted by molar-refractivity contribution is 0.262. The fourth-order valence-electron chi connectivity index (χ4n) is 2.63. The molecule has 0 spiro atoms. The molecule has 3 N–H and O–H groups in total. The normalized spacial score (nSPS) is 16.8. The lowest BCUT2D eigenvalue weighted by Crippen LogP contribution is -2.37. The second-order valence-corrected chi connectivity index (χ2v) is 5.39. The van der Waals surface area contributed by atoms with Crippen molar-refractivity contribution in [3.05, 3.63) is 65.2 Å². The van der Waals surface area contributed by atoms with Gasteiger partial charge in [0, 0.05) is 12.0 Å². The van der Waals surface area contributed by atoms with Crippen LogP contribution >= 0.6 is 0 Å². The van der Waals surface area contributed by atoms with E-state index in [0.29, 0.717) is 24.7 Å². The molecule has 23 heavy (non-hydrogen) atoms. The first-order valence-electron chi connectivity index (χ1n) is 7.53. The predicted octanol–water partition coefficient (Wildman–Crippen LogP) is 2.49. The maximum atomic E-state index is 8.91. The molecule has 2 aromatic rings. The Labute approximate surface area is 135 Å². The summed E-state index contributed by atoms with van der Waals surface area (Å²) in [7, 11) is 0. The molecule has 1 aliphatic heterocycles. The summed E-state index contributed by atoms with van der Waals surface area (Å²) in [6.07, 6.45) is 0.844. The lowest BCUT2D eigenvalue weighted by atomic mass is 10.0. The van der Waals surface area contributed by atoms with Gasteiger partial charge in [-0.05, 0) is 23.8 Å². The maximum Gasteiger partial charge on any atom is 0.189 e. The molecule has 116 valence electrons. The van der Waals surface area contributed by atoms with Gasteiger partial charge in [-0.2, -0.15) is 5.26 Å². The van der Waals surface area contributed by atoms with Crippen LogP contribution in [0.5, 0.6) is 5.75 Å². The molecule has 1 heterocycles. The van der Waals surface area contributed by atoms with E-state index in [1.54, 1.807) is 6.07 Å². The van der Waals surface area contributed by atoms with Crippen molar-refractivity contribution in [2.75, 3.05) is 6.61 Å². The second kappa shape index (κ2) is 6.84. The van der Waals surface area contributed by atoms with Crippen LogP contribution in [0.2, 0.25) is 0 Å². The Balaban J connectivity index is 1.67. The van der Waals surface area contributed by atoms with E-state index in [1.165, 1.54) is 0 Å². The van der Waals surface area contributed by atoms with Gasteiger partial charge in [-0.3, -0.25) is 0 Å². The van der Waals surface area contributed by atoms with Gasteiger partial charge in [-0.25, -0.2) is 4.99 Å². The number of nitrogens with two attached hydrogens (primary N) is 1. The summed E-state index contributed by atoms with van der Waals surface area (Å²) in [5.74, 6) is 1.29. The first-order chi connectivity index (χ1) is 11.3. The van der Waals surface area contributed by atoms with Gasteiger partial charge in [0.05, 0.1) is 30.8 Å². The van der Waals surface area contributed by atoms with Crippen LogP contribution < -0.4 is 15.8 Å². The van der Waals surface area contributed by atoms with Gasteiger partial charge < -0.3 is 15.8 Å². The Bertz CT molecular complexity index is 764. The number of aliphatic imine (C=N–C) groups is 1. The number of hydrogen-bond donors (Lipinski definition) is 2. The number of fused-ring (bicyclic) bond motifs is 1. The minimum absolute atomic E-state index is 0.106. The zero-order chi connectivity index (χ0) is 16.1. The van der Waals surface area contributed by atoms with Crippen LogP contribution in [0.3, 0.4) is 0 Å². The van der Waals surface area contributed by atoms with Gasteiger partial charge in [0.2, 0.25) is 0 Å². The smallest absolute Gasteiger partial charge is 0.189 e. The van der Waals surface area contributed by atoms with Crippen LogP contribution in [0, 0.1) is 11.3 Å². The molecule has 3 rings (SSSR count). The van der Waals surface area contributed by atoms with E-state index in [1.807, 2.05) is 42.5 Å². The van der Waals surface area contributed by atoms with Gasteiger partial charge in [0.15, 0.2) is 5.96 Å². The minimum atomic E-state index is 0.106. The van der Waals surface area contributed by atoms with E-state index in [0.717, 1.165) is 23.3 Å². The summed E-state index contributed by atoms with van der Waals surface area (Å²) in [5.41, 5.74) is 8.70. The van der Waals surface area contributed by atoms with Crippen molar-refractivity contribution in [3.8, 4) is 11.8 Å². The highest BCUT2D eigenvalue weighted by Crippen LogP contribution is 2.31. The van der Waals surface area contributed by atoms with Gasteiger partial charge in [0.1, 0.15) is 5.75 Å². The molecule has 5 nitrogen and oxygen atoms in total. The third-order valence-corrected chi connectivity index (χ3v) is 3.77. The number of rotatable bonds is 3. The van der Waals surface area contributed by atoms with E-state index in [4.69, 9.17) is 15.7 Å².